The number of aromatic amines is 1. The van der Waals surface area contributed by atoms with Crippen LogP contribution in [-0.4, -0.2) is 16.9 Å². The molecule has 0 radical (unpaired) electrons. The SMILES string of the molecule is COc1ccc(N=Nc2c(C)[nH]n(C)c2=O)cc1. The van der Waals surface area contributed by atoms with E-state index in [1.165, 1.54) is 4.68 Å². The standard InChI is InChI=1S/C12H14N4O2/c1-8-11(12(17)16(2)15-8)14-13-9-4-6-10(18-3)7-5-9/h4-7,15H,1-3H3. The Hall–Kier alpha value is -2.37. The second-order valence-corrected chi connectivity index (χ2v) is 3.85. The van der Waals surface area contributed by atoms with Gasteiger partial charge in [0.05, 0.1) is 18.5 Å². The summed E-state index contributed by atoms with van der Waals surface area (Å²) in [6.45, 7) is 1.78. The molecule has 1 N–H and O–H groups in total. The van der Waals surface area contributed by atoms with E-state index >= 15 is 0 Å². The van der Waals surface area contributed by atoms with Gasteiger partial charge < -0.3 is 4.74 Å². The molecular formula is C12H14N4O2. The van der Waals surface area contributed by atoms with Crippen LogP contribution < -0.4 is 10.3 Å². The molecule has 1 aromatic heterocycles. The van der Waals surface area contributed by atoms with Crippen LogP contribution in [0.4, 0.5) is 11.4 Å². The molecule has 1 heterocycles. The van der Waals surface area contributed by atoms with Crippen molar-refractivity contribution in [1.82, 2.24) is 9.78 Å². The predicted octanol–water partition coefficient (Wildman–Crippen LogP) is 2.45. The minimum atomic E-state index is -0.190. The fraction of sp³-hybridized carbons (Fsp3) is 0.250. The van der Waals surface area contributed by atoms with Gasteiger partial charge in [-0.3, -0.25) is 14.6 Å². The Kier molecular flexibility index (Phi) is 3.27. The van der Waals surface area contributed by atoms with Crippen molar-refractivity contribution in [2.24, 2.45) is 17.3 Å². The van der Waals surface area contributed by atoms with Gasteiger partial charge in [0.15, 0.2) is 5.69 Å². The number of aromatic nitrogens is 2. The third kappa shape index (κ3) is 2.32. The normalized spacial score (nSPS) is 11.1. The lowest BCUT2D eigenvalue weighted by atomic mass is 10.3. The fourth-order valence-electron chi connectivity index (χ4n) is 1.55. The largest absolute Gasteiger partial charge is 0.497 e. The van der Waals surface area contributed by atoms with Gasteiger partial charge in [-0.05, 0) is 31.2 Å². The maximum atomic E-state index is 11.7. The average molecular weight is 246 g/mol. The van der Waals surface area contributed by atoms with Crippen LogP contribution in [0.25, 0.3) is 0 Å². The highest BCUT2D eigenvalue weighted by Crippen LogP contribution is 2.20. The molecule has 0 saturated carbocycles. The first-order valence-corrected chi connectivity index (χ1v) is 5.43. The molecule has 0 fully saturated rings. The second-order valence-electron chi connectivity index (χ2n) is 3.85. The number of hydrogen-bond donors (Lipinski definition) is 1. The van der Waals surface area contributed by atoms with Crippen LogP contribution in [0.2, 0.25) is 0 Å². The smallest absolute Gasteiger partial charge is 0.294 e. The minimum absolute atomic E-state index is 0.190. The van der Waals surface area contributed by atoms with Gasteiger partial charge in [-0.1, -0.05) is 0 Å². The molecule has 0 atom stereocenters. The van der Waals surface area contributed by atoms with E-state index in [2.05, 4.69) is 15.3 Å². The molecule has 18 heavy (non-hydrogen) atoms. The third-order valence-corrected chi connectivity index (χ3v) is 2.54. The molecular weight excluding hydrogens is 232 g/mol. The van der Waals surface area contributed by atoms with Crippen LogP contribution in [0.3, 0.4) is 0 Å². The monoisotopic (exact) mass is 246 g/mol. The third-order valence-electron chi connectivity index (χ3n) is 2.54. The lowest BCUT2D eigenvalue weighted by Crippen LogP contribution is -2.10. The molecule has 0 spiro atoms. The molecule has 1 aromatic carbocycles. The molecule has 0 amide bonds. The first-order chi connectivity index (χ1) is 8.61. The first-order valence-electron chi connectivity index (χ1n) is 5.43. The van der Waals surface area contributed by atoms with E-state index in [0.29, 0.717) is 17.1 Å². The Labute approximate surface area is 104 Å². The number of H-pyrrole nitrogens is 1. The van der Waals surface area contributed by atoms with Crippen LogP contribution in [0.1, 0.15) is 5.69 Å². The Morgan fingerprint density at radius 3 is 2.39 bits per heavy atom. The van der Waals surface area contributed by atoms with E-state index in [4.69, 9.17) is 4.74 Å². The van der Waals surface area contributed by atoms with Gasteiger partial charge in [-0.2, -0.15) is 5.11 Å². The van der Waals surface area contributed by atoms with Crippen molar-refractivity contribution in [3.63, 3.8) is 0 Å². The molecule has 0 unspecified atom stereocenters. The molecule has 0 saturated heterocycles. The molecule has 6 nitrogen and oxygen atoms in total. The number of benzene rings is 1. The summed E-state index contributed by atoms with van der Waals surface area (Å²) in [5.74, 6) is 0.752. The van der Waals surface area contributed by atoms with E-state index in [1.54, 1.807) is 45.3 Å². The fourth-order valence-corrected chi connectivity index (χ4v) is 1.55. The number of methoxy groups -OCH3 is 1. The quantitative estimate of drug-likeness (QED) is 0.845. The molecule has 0 aliphatic heterocycles. The Bertz CT molecular complexity index is 623. The predicted molar refractivity (Wildman–Crippen MR) is 67.9 cm³/mol. The first kappa shape index (κ1) is 12.1. The maximum Gasteiger partial charge on any atom is 0.294 e. The zero-order valence-corrected chi connectivity index (χ0v) is 10.5. The number of nitrogens with one attached hydrogen (secondary N) is 1. The van der Waals surface area contributed by atoms with Gasteiger partial charge in [-0.15, -0.1) is 5.11 Å². The summed E-state index contributed by atoms with van der Waals surface area (Å²) in [5.41, 5.74) is 1.50. The molecule has 0 bridgehead atoms. The lowest BCUT2D eigenvalue weighted by Gasteiger charge is -1.97. The van der Waals surface area contributed by atoms with E-state index in [1.807, 2.05) is 0 Å². The Balaban J connectivity index is 2.27. The highest BCUT2D eigenvalue weighted by atomic mass is 16.5. The molecule has 0 aliphatic rings. The number of rotatable bonds is 3. The molecule has 6 heteroatoms. The number of aryl methyl sites for hydroxylation is 2. The van der Waals surface area contributed by atoms with E-state index in [9.17, 15) is 4.79 Å². The van der Waals surface area contributed by atoms with Gasteiger partial charge >= 0.3 is 0 Å². The number of hydrogen-bond acceptors (Lipinski definition) is 4. The topological polar surface area (TPSA) is 71.7 Å². The van der Waals surface area contributed by atoms with Gasteiger partial charge in [0.1, 0.15) is 5.75 Å². The van der Waals surface area contributed by atoms with Crippen LogP contribution in [0.15, 0.2) is 39.3 Å². The maximum absolute atomic E-state index is 11.7. The molecule has 2 aromatic rings. The van der Waals surface area contributed by atoms with E-state index in [0.717, 1.165) is 5.75 Å². The number of nitrogens with zero attached hydrogens (tertiary/aromatic N) is 3. The van der Waals surface area contributed by atoms with Crippen LogP contribution in [-0.2, 0) is 7.05 Å². The zero-order valence-electron chi connectivity index (χ0n) is 10.5. The molecule has 94 valence electrons. The van der Waals surface area contributed by atoms with Crippen molar-refractivity contribution in [2.45, 2.75) is 6.92 Å². The minimum Gasteiger partial charge on any atom is -0.497 e. The van der Waals surface area contributed by atoms with Crippen molar-refractivity contribution < 1.29 is 4.74 Å². The second kappa shape index (κ2) is 4.87. The molecule has 2 rings (SSSR count). The zero-order chi connectivity index (χ0) is 13.1. The van der Waals surface area contributed by atoms with Crippen LogP contribution >= 0.6 is 0 Å². The Morgan fingerprint density at radius 2 is 1.89 bits per heavy atom. The van der Waals surface area contributed by atoms with Gasteiger partial charge in [-0.25, -0.2) is 0 Å². The number of azo groups is 1. The van der Waals surface area contributed by atoms with Gasteiger partial charge in [0.2, 0.25) is 0 Å². The summed E-state index contributed by atoms with van der Waals surface area (Å²) in [6.07, 6.45) is 0. The van der Waals surface area contributed by atoms with Crippen molar-refractivity contribution in [2.75, 3.05) is 7.11 Å². The highest BCUT2D eigenvalue weighted by molar-refractivity contribution is 5.43. The Morgan fingerprint density at radius 1 is 1.22 bits per heavy atom. The van der Waals surface area contributed by atoms with Crippen molar-refractivity contribution in [3.05, 3.63) is 40.3 Å². The van der Waals surface area contributed by atoms with E-state index < -0.39 is 0 Å². The lowest BCUT2D eigenvalue weighted by molar-refractivity contribution is 0.415. The summed E-state index contributed by atoms with van der Waals surface area (Å²) in [5, 5.41) is 10.9. The van der Waals surface area contributed by atoms with Crippen molar-refractivity contribution >= 4 is 11.4 Å². The van der Waals surface area contributed by atoms with Crippen LogP contribution in [0, 0.1) is 6.92 Å². The molecule has 0 aliphatic carbocycles. The van der Waals surface area contributed by atoms with Gasteiger partial charge in [0, 0.05) is 7.05 Å². The highest BCUT2D eigenvalue weighted by Gasteiger charge is 2.07. The van der Waals surface area contributed by atoms with Crippen molar-refractivity contribution in [3.8, 4) is 5.75 Å². The van der Waals surface area contributed by atoms with Gasteiger partial charge in [0.25, 0.3) is 5.56 Å². The summed E-state index contributed by atoms with van der Waals surface area (Å²) in [7, 11) is 3.24. The van der Waals surface area contributed by atoms with Crippen molar-refractivity contribution in [1.29, 1.82) is 0 Å². The van der Waals surface area contributed by atoms with E-state index in [-0.39, 0.29) is 5.56 Å². The summed E-state index contributed by atoms with van der Waals surface area (Å²) in [6, 6.07) is 7.12. The summed E-state index contributed by atoms with van der Waals surface area (Å²) < 4.78 is 6.42. The van der Waals surface area contributed by atoms with Crippen LogP contribution in [0.5, 0.6) is 5.75 Å². The average Bonchev–Trinajstić information content (AvgIpc) is 2.62. The number of ether oxygens (including phenoxy) is 1. The summed E-state index contributed by atoms with van der Waals surface area (Å²) >= 11 is 0. The summed E-state index contributed by atoms with van der Waals surface area (Å²) in [4.78, 5) is 11.7.